The van der Waals surface area contributed by atoms with Gasteiger partial charge in [-0.05, 0) is 23.8 Å². The van der Waals surface area contributed by atoms with Crippen molar-refractivity contribution in [3.63, 3.8) is 0 Å². The maximum atomic E-state index is 12.7. The van der Waals surface area contributed by atoms with E-state index in [4.69, 9.17) is 0 Å². The summed E-state index contributed by atoms with van der Waals surface area (Å²) in [7, 11) is 0. The Balaban J connectivity index is 2.02. The molecule has 0 atom stereocenters. The highest BCUT2D eigenvalue weighted by Gasteiger charge is 2.07. The molecule has 112 valence electrons. The van der Waals surface area contributed by atoms with Gasteiger partial charge in [0, 0.05) is 10.1 Å². The number of thioether (sulfide) groups is 1. The lowest BCUT2D eigenvalue weighted by atomic mass is 10.2. The van der Waals surface area contributed by atoms with Gasteiger partial charge >= 0.3 is 0 Å². The molecule has 1 heterocycles. The third-order valence-electron chi connectivity index (χ3n) is 3.36. The first-order valence-electron chi connectivity index (χ1n) is 7.33. The summed E-state index contributed by atoms with van der Waals surface area (Å²) in [6.07, 6.45) is 1.63. The minimum atomic E-state index is 0.0139. The molecule has 0 N–H and O–H groups in total. The van der Waals surface area contributed by atoms with E-state index < -0.39 is 0 Å². The van der Waals surface area contributed by atoms with Gasteiger partial charge in [-0.15, -0.1) is 11.8 Å². The molecule has 3 rings (SSSR count). The van der Waals surface area contributed by atoms with E-state index in [1.807, 2.05) is 48.5 Å². The minimum absolute atomic E-state index is 0.0139. The van der Waals surface area contributed by atoms with E-state index in [1.165, 1.54) is 0 Å². The first kappa shape index (κ1) is 14.9. The van der Waals surface area contributed by atoms with Crippen LogP contribution in [0.4, 0.5) is 0 Å². The van der Waals surface area contributed by atoms with Crippen molar-refractivity contribution in [1.82, 2.24) is 9.55 Å². The summed E-state index contributed by atoms with van der Waals surface area (Å²) in [5.41, 5.74) is 1.86. The van der Waals surface area contributed by atoms with E-state index in [0.717, 1.165) is 16.0 Å². The number of fused-ring (bicyclic) bond motifs is 1. The molecule has 0 saturated heterocycles. The fraction of sp³-hybridized carbons (Fsp3) is 0.222. The molecule has 0 aliphatic heterocycles. The van der Waals surface area contributed by atoms with Crippen molar-refractivity contribution < 1.29 is 0 Å². The lowest BCUT2D eigenvalue weighted by Crippen LogP contribution is -2.21. The van der Waals surface area contributed by atoms with Gasteiger partial charge in [0.25, 0.3) is 5.56 Å². The summed E-state index contributed by atoms with van der Waals surface area (Å²) < 4.78 is 1.67. The molecule has 0 aliphatic rings. The van der Waals surface area contributed by atoms with Crippen LogP contribution in [0.2, 0.25) is 0 Å². The zero-order valence-electron chi connectivity index (χ0n) is 12.7. The van der Waals surface area contributed by atoms with Crippen LogP contribution in [-0.4, -0.2) is 14.8 Å². The van der Waals surface area contributed by atoms with Gasteiger partial charge in [0.2, 0.25) is 0 Å². The van der Waals surface area contributed by atoms with Crippen LogP contribution in [0.1, 0.15) is 19.4 Å². The van der Waals surface area contributed by atoms with E-state index in [-0.39, 0.29) is 5.56 Å². The second-order valence-corrected chi connectivity index (χ2v) is 7.16. The Bertz CT molecular complexity index is 841. The van der Waals surface area contributed by atoms with E-state index in [0.29, 0.717) is 17.2 Å². The number of benzene rings is 2. The van der Waals surface area contributed by atoms with Gasteiger partial charge in [-0.1, -0.05) is 44.2 Å². The van der Waals surface area contributed by atoms with Gasteiger partial charge in [0.1, 0.15) is 0 Å². The van der Waals surface area contributed by atoms with E-state index in [2.05, 4.69) is 18.8 Å². The maximum Gasteiger partial charge on any atom is 0.261 e. The van der Waals surface area contributed by atoms with Crippen molar-refractivity contribution in [2.24, 2.45) is 0 Å². The Hall–Kier alpha value is -2.07. The third-order valence-corrected chi connectivity index (χ3v) is 4.36. The van der Waals surface area contributed by atoms with E-state index >= 15 is 0 Å². The van der Waals surface area contributed by atoms with Crippen molar-refractivity contribution in [3.05, 3.63) is 70.8 Å². The van der Waals surface area contributed by atoms with E-state index in [1.54, 1.807) is 22.7 Å². The molecule has 0 spiro atoms. The van der Waals surface area contributed by atoms with Crippen molar-refractivity contribution >= 4 is 22.7 Å². The molecule has 0 saturated carbocycles. The molecule has 0 aliphatic carbocycles. The second-order valence-electron chi connectivity index (χ2n) is 5.51. The van der Waals surface area contributed by atoms with Crippen LogP contribution in [0, 0.1) is 0 Å². The molecule has 4 heteroatoms. The van der Waals surface area contributed by atoms with Crippen LogP contribution < -0.4 is 5.56 Å². The van der Waals surface area contributed by atoms with Crippen LogP contribution in [0.15, 0.2) is 64.5 Å². The molecule has 3 nitrogen and oxygen atoms in total. The minimum Gasteiger partial charge on any atom is -0.294 e. The highest BCUT2D eigenvalue weighted by Crippen LogP contribution is 2.24. The Morgan fingerprint density at radius 3 is 2.64 bits per heavy atom. The molecule has 0 bridgehead atoms. The van der Waals surface area contributed by atoms with Gasteiger partial charge in [-0.3, -0.25) is 9.36 Å². The van der Waals surface area contributed by atoms with Gasteiger partial charge in [0.05, 0.1) is 23.8 Å². The summed E-state index contributed by atoms with van der Waals surface area (Å²) in [4.78, 5) is 18.2. The standard InChI is InChI=1S/C18H18N2OS/c1-13(2)22-15-8-9-17-16(10-15)18(21)20(12-19-17)11-14-6-4-3-5-7-14/h3-10,12-13H,11H2,1-2H3. The van der Waals surface area contributed by atoms with Gasteiger partial charge in [-0.2, -0.15) is 0 Å². The SMILES string of the molecule is CC(C)Sc1ccc2ncn(Cc3ccccc3)c(=O)c2c1. The number of hydrogen-bond acceptors (Lipinski definition) is 3. The molecular weight excluding hydrogens is 292 g/mol. The summed E-state index contributed by atoms with van der Waals surface area (Å²) >= 11 is 1.76. The van der Waals surface area contributed by atoms with Crippen LogP contribution >= 0.6 is 11.8 Å². The lowest BCUT2D eigenvalue weighted by molar-refractivity contribution is 0.748. The molecule has 1 aromatic heterocycles. The smallest absolute Gasteiger partial charge is 0.261 e. The summed E-state index contributed by atoms with van der Waals surface area (Å²) in [6, 6.07) is 15.9. The molecule has 2 aromatic carbocycles. The van der Waals surface area contributed by atoms with Gasteiger partial charge < -0.3 is 0 Å². The Labute approximate surface area is 134 Å². The largest absolute Gasteiger partial charge is 0.294 e. The van der Waals surface area contributed by atoms with Gasteiger partial charge in [-0.25, -0.2) is 4.98 Å². The highest BCUT2D eigenvalue weighted by molar-refractivity contribution is 7.99. The predicted octanol–water partition coefficient (Wildman–Crippen LogP) is 3.95. The Morgan fingerprint density at radius 2 is 1.91 bits per heavy atom. The van der Waals surface area contributed by atoms with Crippen molar-refractivity contribution in [2.75, 3.05) is 0 Å². The third kappa shape index (κ3) is 3.22. The topological polar surface area (TPSA) is 34.9 Å². The predicted molar refractivity (Wildman–Crippen MR) is 92.5 cm³/mol. The molecule has 22 heavy (non-hydrogen) atoms. The van der Waals surface area contributed by atoms with Crippen LogP contribution in [0.5, 0.6) is 0 Å². The molecule has 0 amide bonds. The quantitative estimate of drug-likeness (QED) is 0.685. The number of rotatable bonds is 4. The average molecular weight is 310 g/mol. The second kappa shape index (κ2) is 6.36. The van der Waals surface area contributed by atoms with Crippen LogP contribution in [0.25, 0.3) is 10.9 Å². The van der Waals surface area contributed by atoms with Crippen LogP contribution in [0.3, 0.4) is 0 Å². The van der Waals surface area contributed by atoms with E-state index in [9.17, 15) is 4.79 Å². The van der Waals surface area contributed by atoms with Crippen LogP contribution in [-0.2, 0) is 6.54 Å². The zero-order valence-corrected chi connectivity index (χ0v) is 13.5. The van der Waals surface area contributed by atoms with Crippen molar-refractivity contribution in [2.45, 2.75) is 30.5 Å². The molecular formula is C18H18N2OS. The summed E-state index contributed by atoms with van der Waals surface area (Å²) in [5, 5.41) is 1.17. The van der Waals surface area contributed by atoms with Gasteiger partial charge in [0.15, 0.2) is 0 Å². The maximum absolute atomic E-state index is 12.7. The van der Waals surface area contributed by atoms with Crippen molar-refractivity contribution in [3.8, 4) is 0 Å². The highest BCUT2D eigenvalue weighted by atomic mass is 32.2. The molecule has 0 radical (unpaired) electrons. The Morgan fingerprint density at radius 1 is 1.14 bits per heavy atom. The molecule has 3 aromatic rings. The normalized spacial score (nSPS) is 11.2. The van der Waals surface area contributed by atoms with Crippen molar-refractivity contribution in [1.29, 1.82) is 0 Å². The molecule has 0 fully saturated rings. The molecule has 0 unspecified atom stereocenters. The average Bonchev–Trinajstić information content (AvgIpc) is 2.51. The number of aromatic nitrogens is 2. The monoisotopic (exact) mass is 310 g/mol. The number of hydrogen-bond donors (Lipinski definition) is 0. The first-order chi connectivity index (χ1) is 10.6. The fourth-order valence-corrected chi connectivity index (χ4v) is 3.25. The summed E-state index contributed by atoms with van der Waals surface area (Å²) in [5.74, 6) is 0. The number of nitrogens with zero attached hydrogens (tertiary/aromatic N) is 2. The lowest BCUT2D eigenvalue weighted by Gasteiger charge is -2.09. The summed E-state index contributed by atoms with van der Waals surface area (Å²) in [6.45, 7) is 4.84. The first-order valence-corrected chi connectivity index (χ1v) is 8.21. The Kier molecular flexibility index (Phi) is 4.29. The zero-order chi connectivity index (χ0) is 15.5. The fourth-order valence-electron chi connectivity index (χ4n) is 2.38.